The highest BCUT2D eigenvalue weighted by atomic mass is 32.2. The molecule has 1 N–H and O–H groups in total. The van der Waals surface area contributed by atoms with Gasteiger partial charge >= 0.3 is 0 Å². The van der Waals surface area contributed by atoms with Crippen LogP contribution in [0.1, 0.15) is 16.7 Å². The lowest BCUT2D eigenvalue weighted by Crippen LogP contribution is -2.62. The van der Waals surface area contributed by atoms with E-state index in [2.05, 4.69) is 33.9 Å². The maximum Gasteiger partial charge on any atom is 0.241 e. The van der Waals surface area contributed by atoms with Crippen molar-refractivity contribution in [2.75, 3.05) is 26.2 Å². The number of amides is 1. The largest absolute Gasteiger partial charge is 0.338 e. The molecule has 4 rings (SSSR count). The maximum absolute atomic E-state index is 12.4. The molecule has 0 radical (unpaired) electrons. The third kappa shape index (κ3) is 3.97. The number of hydrogen-bond acceptors (Lipinski definition) is 4. The summed E-state index contributed by atoms with van der Waals surface area (Å²) in [7, 11) is -3.67. The Bertz CT molecular complexity index is 984. The van der Waals surface area contributed by atoms with E-state index in [1.165, 1.54) is 17.2 Å². The molecule has 28 heavy (non-hydrogen) atoms. The van der Waals surface area contributed by atoms with Crippen molar-refractivity contribution < 1.29 is 13.2 Å². The van der Waals surface area contributed by atoms with Gasteiger partial charge in [-0.15, -0.1) is 0 Å². The van der Waals surface area contributed by atoms with Crippen LogP contribution < -0.4 is 4.72 Å². The quantitative estimate of drug-likeness (QED) is 0.828. The van der Waals surface area contributed by atoms with Gasteiger partial charge in [0.2, 0.25) is 15.9 Å². The summed E-state index contributed by atoms with van der Waals surface area (Å²) < 4.78 is 27.1. The Hall–Kier alpha value is -2.22. The Morgan fingerprint density at radius 3 is 2.61 bits per heavy atom. The van der Waals surface area contributed by atoms with Gasteiger partial charge in [0.1, 0.15) is 0 Å². The molecule has 0 spiro atoms. The maximum atomic E-state index is 12.4. The first-order chi connectivity index (χ1) is 13.4. The zero-order valence-corrected chi connectivity index (χ0v) is 16.8. The third-order valence-corrected chi connectivity index (χ3v) is 7.00. The molecule has 0 bridgehead atoms. The van der Waals surface area contributed by atoms with Crippen molar-refractivity contribution in [3.05, 3.63) is 65.2 Å². The number of benzene rings is 2. The van der Waals surface area contributed by atoms with E-state index in [0.717, 1.165) is 25.1 Å². The predicted octanol–water partition coefficient (Wildman–Crippen LogP) is 1.54. The van der Waals surface area contributed by atoms with E-state index in [1.54, 1.807) is 17.0 Å². The molecular weight excluding hydrogens is 374 g/mol. The number of carbonyl (C=O) groups excluding carboxylic acids is 1. The molecule has 0 saturated carbocycles. The average molecular weight is 400 g/mol. The van der Waals surface area contributed by atoms with Crippen molar-refractivity contribution in [1.29, 1.82) is 0 Å². The SMILES string of the molecule is Cc1cccc(S(=O)(=O)NCC(=O)N2CC(N3CCc4ccccc4C3)C2)c1. The van der Waals surface area contributed by atoms with E-state index < -0.39 is 10.0 Å². The average Bonchev–Trinajstić information content (AvgIpc) is 2.65. The van der Waals surface area contributed by atoms with Crippen molar-refractivity contribution in [3.63, 3.8) is 0 Å². The smallest absolute Gasteiger partial charge is 0.241 e. The molecule has 0 aliphatic carbocycles. The fourth-order valence-electron chi connectivity index (χ4n) is 3.85. The molecule has 2 aromatic rings. The van der Waals surface area contributed by atoms with Crippen LogP contribution in [0, 0.1) is 6.92 Å². The predicted molar refractivity (Wildman–Crippen MR) is 107 cm³/mol. The lowest BCUT2D eigenvalue weighted by Gasteiger charge is -2.47. The summed E-state index contributed by atoms with van der Waals surface area (Å²) in [6.07, 6.45) is 1.04. The van der Waals surface area contributed by atoms with Crippen LogP contribution in [-0.4, -0.2) is 56.3 Å². The van der Waals surface area contributed by atoms with Crippen LogP contribution in [0.25, 0.3) is 0 Å². The number of sulfonamides is 1. The second-order valence-electron chi connectivity index (χ2n) is 7.58. The van der Waals surface area contributed by atoms with Crippen molar-refractivity contribution in [2.24, 2.45) is 0 Å². The van der Waals surface area contributed by atoms with Crippen LogP contribution >= 0.6 is 0 Å². The lowest BCUT2D eigenvalue weighted by atomic mass is 9.96. The second kappa shape index (κ2) is 7.66. The number of hydrogen-bond donors (Lipinski definition) is 1. The number of rotatable bonds is 5. The highest BCUT2D eigenvalue weighted by Crippen LogP contribution is 2.24. The molecule has 0 atom stereocenters. The first-order valence-corrected chi connectivity index (χ1v) is 11.1. The van der Waals surface area contributed by atoms with E-state index in [0.29, 0.717) is 19.1 Å². The molecule has 2 aromatic carbocycles. The van der Waals surface area contributed by atoms with Gasteiger partial charge in [0.05, 0.1) is 11.4 Å². The summed E-state index contributed by atoms with van der Waals surface area (Å²) in [6.45, 7) is 4.88. The van der Waals surface area contributed by atoms with Crippen LogP contribution in [0.4, 0.5) is 0 Å². The summed E-state index contributed by atoms with van der Waals surface area (Å²) in [5.41, 5.74) is 3.64. The molecule has 1 fully saturated rings. The van der Waals surface area contributed by atoms with Crippen molar-refractivity contribution in [2.45, 2.75) is 30.8 Å². The monoisotopic (exact) mass is 399 g/mol. The minimum absolute atomic E-state index is 0.176. The zero-order chi connectivity index (χ0) is 19.7. The number of nitrogens with one attached hydrogen (secondary N) is 1. The molecule has 148 valence electrons. The van der Waals surface area contributed by atoms with Crippen LogP contribution in [0.5, 0.6) is 0 Å². The van der Waals surface area contributed by atoms with E-state index in [9.17, 15) is 13.2 Å². The molecule has 7 heteroatoms. The first-order valence-electron chi connectivity index (χ1n) is 9.57. The molecule has 2 aliphatic rings. The minimum Gasteiger partial charge on any atom is -0.338 e. The van der Waals surface area contributed by atoms with Crippen LogP contribution in [0.2, 0.25) is 0 Å². The Balaban J connectivity index is 1.28. The first kappa shape index (κ1) is 19.1. The Morgan fingerprint density at radius 1 is 1.11 bits per heavy atom. The Kier molecular flexibility index (Phi) is 5.23. The summed E-state index contributed by atoms with van der Waals surface area (Å²) >= 11 is 0. The molecule has 1 amide bonds. The second-order valence-corrected chi connectivity index (χ2v) is 9.35. The molecule has 1 saturated heterocycles. The third-order valence-electron chi connectivity index (χ3n) is 5.60. The summed E-state index contributed by atoms with van der Waals surface area (Å²) in [4.78, 5) is 16.7. The molecule has 2 heterocycles. The molecule has 6 nitrogen and oxygen atoms in total. The van der Waals surface area contributed by atoms with E-state index in [1.807, 2.05) is 13.0 Å². The van der Waals surface area contributed by atoms with E-state index >= 15 is 0 Å². The van der Waals surface area contributed by atoms with Gasteiger partial charge in [0, 0.05) is 32.2 Å². The van der Waals surface area contributed by atoms with Crippen LogP contribution in [0.15, 0.2) is 53.4 Å². The highest BCUT2D eigenvalue weighted by molar-refractivity contribution is 7.89. The van der Waals surface area contributed by atoms with Gasteiger partial charge in [-0.3, -0.25) is 9.69 Å². The Labute approximate surface area is 166 Å². The lowest BCUT2D eigenvalue weighted by molar-refractivity contribution is -0.137. The summed E-state index contributed by atoms with van der Waals surface area (Å²) in [5.74, 6) is -0.176. The molecule has 2 aliphatic heterocycles. The fourth-order valence-corrected chi connectivity index (χ4v) is 4.93. The van der Waals surface area contributed by atoms with E-state index in [4.69, 9.17) is 0 Å². The molecular formula is C21H25N3O3S. The van der Waals surface area contributed by atoms with Crippen LogP contribution in [-0.2, 0) is 27.8 Å². The zero-order valence-electron chi connectivity index (χ0n) is 16.0. The summed E-state index contributed by atoms with van der Waals surface area (Å²) in [5, 5.41) is 0. The van der Waals surface area contributed by atoms with Gasteiger partial charge in [-0.1, -0.05) is 36.4 Å². The molecule has 0 unspecified atom stereocenters. The summed E-state index contributed by atoms with van der Waals surface area (Å²) in [6, 6.07) is 15.5. The van der Waals surface area contributed by atoms with Gasteiger partial charge in [0.25, 0.3) is 0 Å². The standard InChI is InChI=1S/C21H25N3O3S/c1-16-5-4-8-20(11-16)28(26,27)22-12-21(25)24-14-19(15-24)23-10-9-17-6-2-3-7-18(17)13-23/h2-8,11,19,22H,9-10,12-15H2,1H3. The topological polar surface area (TPSA) is 69.7 Å². The highest BCUT2D eigenvalue weighted by Gasteiger charge is 2.36. The van der Waals surface area contributed by atoms with Gasteiger partial charge in [-0.05, 0) is 42.2 Å². The van der Waals surface area contributed by atoms with Gasteiger partial charge < -0.3 is 4.90 Å². The Morgan fingerprint density at radius 2 is 1.86 bits per heavy atom. The fraction of sp³-hybridized carbons (Fsp3) is 0.381. The minimum atomic E-state index is -3.67. The van der Waals surface area contributed by atoms with Gasteiger partial charge in [0.15, 0.2) is 0 Å². The van der Waals surface area contributed by atoms with E-state index in [-0.39, 0.29) is 17.3 Å². The molecule has 0 aromatic heterocycles. The van der Waals surface area contributed by atoms with Crippen LogP contribution in [0.3, 0.4) is 0 Å². The number of carbonyl (C=O) groups is 1. The number of likely N-dealkylation sites (tertiary alicyclic amines) is 1. The number of aryl methyl sites for hydroxylation is 1. The number of nitrogens with zero attached hydrogens (tertiary/aromatic N) is 2. The van der Waals surface area contributed by atoms with Crippen molar-refractivity contribution >= 4 is 15.9 Å². The van der Waals surface area contributed by atoms with Gasteiger partial charge in [-0.2, -0.15) is 0 Å². The normalized spacial score (nSPS) is 17.8. The number of fused-ring (bicyclic) bond motifs is 1. The van der Waals surface area contributed by atoms with Gasteiger partial charge in [-0.25, -0.2) is 13.1 Å². The van der Waals surface area contributed by atoms with Crippen molar-refractivity contribution in [3.8, 4) is 0 Å². The van der Waals surface area contributed by atoms with Crippen molar-refractivity contribution in [1.82, 2.24) is 14.5 Å².